The van der Waals surface area contributed by atoms with E-state index in [1.807, 2.05) is 32.0 Å². The smallest absolute Gasteiger partial charge is 0.266 e. The molecular formula is C17H18N2O. The van der Waals surface area contributed by atoms with Crippen molar-refractivity contribution in [3.63, 3.8) is 0 Å². The first-order chi connectivity index (χ1) is 9.59. The average Bonchev–Trinajstić information content (AvgIpc) is 2.40. The van der Waals surface area contributed by atoms with Crippen LogP contribution in [0.1, 0.15) is 31.2 Å². The molecule has 3 heteroatoms. The number of hydrogen-bond donors (Lipinski definition) is 0. The molecule has 20 heavy (non-hydrogen) atoms. The minimum Gasteiger partial charge on any atom is -0.268 e. The fraction of sp³-hybridized carbons (Fsp3) is 0.294. The van der Waals surface area contributed by atoms with Crippen LogP contribution in [0.2, 0.25) is 0 Å². The van der Waals surface area contributed by atoms with E-state index in [9.17, 15) is 4.79 Å². The Balaban J connectivity index is 2.38. The van der Waals surface area contributed by atoms with E-state index in [1.165, 1.54) is 0 Å². The lowest BCUT2D eigenvalue weighted by molar-refractivity contribution is 0.885. The molecule has 0 saturated carbocycles. The van der Waals surface area contributed by atoms with Crippen LogP contribution in [0.3, 0.4) is 0 Å². The van der Waals surface area contributed by atoms with E-state index >= 15 is 0 Å². The van der Waals surface area contributed by atoms with Crippen molar-refractivity contribution in [2.45, 2.75) is 33.6 Å². The second-order valence-electron chi connectivity index (χ2n) is 5.32. The molecule has 0 aliphatic heterocycles. The van der Waals surface area contributed by atoms with E-state index in [0.717, 1.165) is 46.4 Å². The van der Waals surface area contributed by atoms with E-state index in [-0.39, 0.29) is 5.56 Å². The maximum atomic E-state index is 12.9. The van der Waals surface area contributed by atoms with Crippen LogP contribution < -0.4 is 5.56 Å². The number of allylic oxidation sites excluding steroid dienone is 4. The SMILES string of the molecule is CC1=CCCC=C1n1c(C)nc2cccc(C)c2c1=O. The Labute approximate surface area is 118 Å². The molecule has 0 unspecified atom stereocenters. The first-order valence-electron chi connectivity index (χ1n) is 6.96. The van der Waals surface area contributed by atoms with Crippen molar-refractivity contribution in [1.29, 1.82) is 0 Å². The molecule has 0 radical (unpaired) electrons. The van der Waals surface area contributed by atoms with Crippen LogP contribution >= 0.6 is 0 Å². The van der Waals surface area contributed by atoms with Crippen molar-refractivity contribution < 1.29 is 0 Å². The minimum atomic E-state index is 0.0338. The molecule has 0 atom stereocenters. The zero-order valence-electron chi connectivity index (χ0n) is 12.1. The van der Waals surface area contributed by atoms with Crippen molar-refractivity contribution in [2.75, 3.05) is 0 Å². The normalized spacial score (nSPS) is 15.2. The summed E-state index contributed by atoms with van der Waals surface area (Å²) in [6.07, 6.45) is 6.34. The molecule has 0 spiro atoms. The first-order valence-corrected chi connectivity index (χ1v) is 6.96. The molecule has 1 aromatic carbocycles. The van der Waals surface area contributed by atoms with Gasteiger partial charge in [-0.2, -0.15) is 0 Å². The van der Waals surface area contributed by atoms with E-state index in [1.54, 1.807) is 4.57 Å². The van der Waals surface area contributed by atoms with Crippen molar-refractivity contribution >= 4 is 16.6 Å². The van der Waals surface area contributed by atoms with Gasteiger partial charge in [-0.25, -0.2) is 4.98 Å². The van der Waals surface area contributed by atoms with Crippen LogP contribution in [0.4, 0.5) is 0 Å². The summed E-state index contributed by atoms with van der Waals surface area (Å²) in [5, 5.41) is 0.720. The molecule has 0 saturated heterocycles. The lowest BCUT2D eigenvalue weighted by atomic mass is 10.0. The molecule has 2 aromatic rings. The summed E-state index contributed by atoms with van der Waals surface area (Å²) in [5.74, 6) is 0.744. The lowest BCUT2D eigenvalue weighted by Crippen LogP contribution is -2.24. The molecule has 1 aliphatic rings. The van der Waals surface area contributed by atoms with Crippen LogP contribution in [0.25, 0.3) is 16.6 Å². The Morgan fingerprint density at radius 3 is 2.60 bits per heavy atom. The number of aryl methyl sites for hydroxylation is 2. The van der Waals surface area contributed by atoms with Gasteiger partial charge in [-0.1, -0.05) is 24.3 Å². The summed E-state index contributed by atoms with van der Waals surface area (Å²) in [6.45, 7) is 5.91. The lowest BCUT2D eigenvalue weighted by Gasteiger charge is -2.18. The summed E-state index contributed by atoms with van der Waals surface area (Å²) in [7, 11) is 0. The second-order valence-corrected chi connectivity index (χ2v) is 5.32. The van der Waals surface area contributed by atoms with Gasteiger partial charge in [0.2, 0.25) is 0 Å². The second kappa shape index (κ2) is 4.75. The first kappa shape index (κ1) is 12.9. The molecule has 3 nitrogen and oxygen atoms in total. The Morgan fingerprint density at radius 2 is 1.85 bits per heavy atom. The Kier molecular flexibility index (Phi) is 3.05. The van der Waals surface area contributed by atoms with Crippen LogP contribution in [-0.2, 0) is 0 Å². The van der Waals surface area contributed by atoms with Crippen LogP contribution in [-0.4, -0.2) is 9.55 Å². The van der Waals surface area contributed by atoms with Gasteiger partial charge in [0.1, 0.15) is 5.82 Å². The monoisotopic (exact) mass is 266 g/mol. The van der Waals surface area contributed by atoms with E-state index in [2.05, 4.69) is 24.1 Å². The fourth-order valence-corrected chi connectivity index (χ4v) is 2.84. The molecule has 0 N–H and O–H groups in total. The van der Waals surface area contributed by atoms with Crippen molar-refractivity contribution in [1.82, 2.24) is 9.55 Å². The topological polar surface area (TPSA) is 34.9 Å². The third-order valence-electron chi connectivity index (χ3n) is 3.87. The maximum absolute atomic E-state index is 12.9. The van der Waals surface area contributed by atoms with Crippen molar-refractivity contribution in [3.05, 3.63) is 57.7 Å². The molecule has 1 aliphatic carbocycles. The standard InChI is InChI=1S/C17H18N2O/c1-11-7-4-5-10-15(11)19-13(3)18-14-9-6-8-12(2)16(14)17(19)20/h6-10H,4-5H2,1-3H3. The molecule has 1 aromatic heterocycles. The van der Waals surface area contributed by atoms with Gasteiger partial charge in [0, 0.05) is 5.70 Å². The third kappa shape index (κ3) is 1.90. The van der Waals surface area contributed by atoms with Gasteiger partial charge in [0.05, 0.1) is 10.9 Å². The molecule has 1 heterocycles. The van der Waals surface area contributed by atoms with Gasteiger partial charge in [0.25, 0.3) is 5.56 Å². The summed E-state index contributed by atoms with van der Waals surface area (Å²) >= 11 is 0. The largest absolute Gasteiger partial charge is 0.268 e. The van der Waals surface area contributed by atoms with Crippen LogP contribution in [0, 0.1) is 13.8 Å². The van der Waals surface area contributed by atoms with Gasteiger partial charge >= 0.3 is 0 Å². The molecule has 0 bridgehead atoms. The van der Waals surface area contributed by atoms with Gasteiger partial charge in [-0.3, -0.25) is 9.36 Å². The van der Waals surface area contributed by atoms with Crippen molar-refractivity contribution in [3.8, 4) is 0 Å². The highest BCUT2D eigenvalue weighted by molar-refractivity contribution is 5.82. The van der Waals surface area contributed by atoms with Crippen molar-refractivity contribution in [2.24, 2.45) is 0 Å². The number of benzene rings is 1. The summed E-state index contributed by atoms with van der Waals surface area (Å²) in [5.41, 5.74) is 3.92. The third-order valence-corrected chi connectivity index (χ3v) is 3.87. The van der Waals surface area contributed by atoms with Crippen LogP contribution in [0.15, 0.2) is 40.7 Å². The summed E-state index contributed by atoms with van der Waals surface area (Å²) in [6, 6.07) is 5.81. The van der Waals surface area contributed by atoms with E-state index < -0.39 is 0 Å². The fourth-order valence-electron chi connectivity index (χ4n) is 2.84. The highest BCUT2D eigenvalue weighted by Gasteiger charge is 2.15. The highest BCUT2D eigenvalue weighted by atomic mass is 16.1. The van der Waals surface area contributed by atoms with Gasteiger partial charge in [-0.15, -0.1) is 0 Å². The predicted octanol–water partition coefficient (Wildman–Crippen LogP) is 3.59. The predicted molar refractivity (Wildman–Crippen MR) is 82.7 cm³/mol. The number of nitrogens with zero attached hydrogens (tertiary/aromatic N) is 2. The Bertz CT molecular complexity index is 810. The van der Waals surface area contributed by atoms with E-state index in [4.69, 9.17) is 0 Å². The van der Waals surface area contributed by atoms with E-state index in [0.29, 0.717) is 0 Å². The number of aromatic nitrogens is 2. The number of rotatable bonds is 1. The molecule has 0 fully saturated rings. The molecular weight excluding hydrogens is 248 g/mol. The zero-order chi connectivity index (χ0) is 14.3. The number of hydrogen-bond acceptors (Lipinski definition) is 2. The Morgan fingerprint density at radius 1 is 1.10 bits per heavy atom. The van der Waals surface area contributed by atoms with Gasteiger partial charge in [0.15, 0.2) is 0 Å². The number of fused-ring (bicyclic) bond motifs is 1. The zero-order valence-corrected chi connectivity index (χ0v) is 12.1. The van der Waals surface area contributed by atoms with Crippen LogP contribution in [0.5, 0.6) is 0 Å². The quantitative estimate of drug-likeness (QED) is 0.790. The summed E-state index contributed by atoms with van der Waals surface area (Å²) < 4.78 is 1.75. The molecule has 3 rings (SSSR count). The van der Waals surface area contributed by atoms with Gasteiger partial charge in [-0.05, 0) is 50.8 Å². The highest BCUT2D eigenvalue weighted by Crippen LogP contribution is 2.23. The summed E-state index contributed by atoms with van der Waals surface area (Å²) in [4.78, 5) is 17.5. The minimum absolute atomic E-state index is 0.0338. The molecule has 0 amide bonds. The Hall–Kier alpha value is -2.16. The maximum Gasteiger partial charge on any atom is 0.266 e. The van der Waals surface area contributed by atoms with Gasteiger partial charge < -0.3 is 0 Å². The average molecular weight is 266 g/mol. The molecule has 102 valence electrons.